The van der Waals surface area contributed by atoms with Crippen molar-refractivity contribution in [3.63, 3.8) is 0 Å². The summed E-state index contributed by atoms with van der Waals surface area (Å²) in [6, 6.07) is 12.0. The zero-order chi connectivity index (χ0) is 18.5. The van der Waals surface area contributed by atoms with E-state index in [1.807, 2.05) is 30.3 Å². The lowest BCUT2D eigenvalue weighted by Gasteiger charge is -2.12. The molecule has 1 atom stereocenters. The average Bonchev–Trinajstić information content (AvgIpc) is 3.24. The van der Waals surface area contributed by atoms with Crippen LogP contribution in [0.2, 0.25) is 0 Å². The van der Waals surface area contributed by atoms with E-state index in [9.17, 15) is 9.59 Å². The van der Waals surface area contributed by atoms with Gasteiger partial charge in [-0.1, -0.05) is 40.6 Å². The number of amides is 2. The molecule has 0 saturated carbocycles. The molecule has 0 aliphatic heterocycles. The van der Waals surface area contributed by atoms with E-state index < -0.39 is 11.9 Å². The Morgan fingerprint density at radius 1 is 1.12 bits per heavy atom. The third-order valence-corrected chi connectivity index (χ3v) is 3.61. The maximum absolute atomic E-state index is 12.1. The molecule has 0 aliphatic carbocycles. The molecule has 0 aliphatic rings. The fraction of sp³-hybridized carbons (Fsp3) is 0.222. The summed E-state index contributed by atoms with van der Waals surface area (Å²) in [5, 5.41) is 12.7. The van der Waals surface area contributed by atoms with E-state index >= 15 is 0 Å². The van der Waals surface area contributed by atoms with Gasteiger partial charge in [-0.25, -0.2) is 0 Å². The molecule has 8 heteroatoms. The lowest BCUT2D eigenvalue weighted by atomic mass is 10.1. The van der Waals surface area contributed by atoms with Gasteiger partial charge >= 0.3 is 0 Å². The lowest BCUT2D eigenvalue weighted by Crippen LogP contribution is -2.42. The van der Waals surface area contributed by atoms with E-state index in [-0.39, 0.29) is 12.3 Å². The lowest BCUT2D eigenvalue weighted by molar-refractivity contribution is -0.125. The number of anilines is 1. The molecule has 0 saturated heterocycles. The smallest absolute Gasteiger partial charge is 0.247 e. The molecule has 1 aromatic carbocycles. The standard InChI is InChI=1S/C18H18N4O4/c1-11-8-16(22-25-11)20-18(24)12(2)19-17(23)10-14-9-15(26-21-14)13-6-4-3-5-7-13/h3-9,12H,10H2,1-2H3,(H,19,23)(H,20,22,24)/t12-/m0/s1. The van der Waals surface area contributed by atoms with E-state index in [0.717, 1.165) is 5.56 Å². The van der Waals surface area contributed by atoms with Crippen LogP contribution in [-0.2, 0) is 16.0 Å². The number of hydrogen-bond donors (Lipinski definition) is 2. The molecule has 2 heterocycles. The Balaban J connectivity index is 1.53. The minimum Gasteiger partial charge on any atom is -0.360 e. The molecule has 2 amide bonds. The van der Waals surface area contributed by atoms with E-state index in [1.54, 1.807) is 26.0 Å². The first-order valence-corrected chi connectivity index (χ1v) is 8.06. The van der Waals surface area contributed by atoms with Crippen molar-refractivity contribution in [1.29, 1.82) is 0 Å². The zero-order valence-corrected chi connectivity index (χ0v) is 14.4. The van der Waals surface area contributed by atoms with Gasteiger partial charge in [0, 0.05) is 17.7 Å². The topological polar surface area (TPSA) is 110 Å². The molecular weight excluding hydrogens is 336 g/mol. The van der Waals surface area contributed by atoms with Crippen LogP contribution < -0.4 is 10.6 Å². The molecule has 2 aromatic heterocycles. The summed E-state index contributed by atoms with van der Waals surface area (Å²) in [6.45, 7) is 3.30. The van der Waals surface area contributed by atoms with Crippen LogP contribution in [0, 0.1) is 6.92 Å². The minimum absolute atomic E-state index is 0.0109. The molecule has 0 radical (unpaired) electrons. The first kappa shape index (κ1) is 17.4. The second-order valence-electron chi connectivity index (χ2n) is 5.83. The summed E-state index contributed by atoms with van der Waals surface area (Å²) in [7, 11) is 0. The van der Waals surface area contributed by atoms with Crippen molar-refractivity contribution in [1.82, 2.24) is 15.6 Å². The number of nitrogens with one attached hydrogen (secondary N) is 2. The summed E-state index contributed by atoms with van der Waals surface area (Å²) in [5.41, 5.74) is 1.36. The fourth-order valence-electron chi connectivity index (χ4n) is 2.32. The predicted molar refractivity (Wildman–Crippen MR) is 93.1 cm³/mol. The summed E-state index contributed by atoms with van der Waals surface area (Å²) >= 11 is 0. The van der Waals surface area contributed by atoms with E-state index in [0.29, 0.717) is 23.0 Å². The Hall–Kier alpha value is -3.42. The molecule has 0 bridgehead atoms. The van der Waals surface area contributed by atoms with Gasteiger partial charge in [0.15, 0.2) is 11.6 Å². The summed E-state index contributed by atoms with van der Waals surface area (Å²) in [4.78, 5) is 24.2. The Morgan fingerprint density at radius 3 is 2.58 bits per heavy atom. The minimum atomic E-state index is -0.736. The summed E-state index contributed by atoms with van der Waals surface area (Å²) in [5.74, 6) is 0.740. The van der Waals surface area contributed by atoms with Gasteiger partial charge in [-0.2, -0.15) is 0 Å². The number of aryl methyl sites for hydroxylation is 1. The Morgan fingerprint density at radius 2 is 1.88 bits per heavy atom. The van der Waals surface area contributed by atoms with Crippen LogP contribution in [0.5, 0.6) is 0 Å². The van der Waals surface area contributed by atoms with Crippen molar-refractivity contribution in [2.75, 3.05) is 5.32 Å². The van der Waals surface area contributed by atoms with Crippen LogP contribution in [-0.4, -0.2) is 28.2 Å². The van der Waals surface area contributed by atoms with Gasteiger partial charge in [0.25, 0.3) is 0 Å². The molecule has 26 heavy (non-hydrogen) atoms. The van der Waals surface area contributed by atoms with E-state index in [1.165, 1.54) is 0 Å². The zero-order valence-electron chi connectivity index (χ0n) is 14.4. The molecule has 0 fully saturated rings. The predicted octanol–water partition coefficient (Wildman–Crippen LogP) is 2.32. The number of benzene rings is 1. The van der Waals surface area contributed by atoms with Crippen molar-refractivity contribution >= 4 is 17.6 Å². The van der Waals surface area contributed by atoms with Gasteiger partial charge in [-0.3, -0.25) is 9.59 Å². The summed E-state index contributed by atoms with van der Waals surface area (Å²) < 4.78 is 10.1. The number of aromatic nitrogens is 2. The second-order valence-corrected chi connectivity index (χ2v) is 5.83. The molecule has 3 aromatic rings. The average molecular weight is 354 g/mol. The largest absolute Gasteiger partial charge is 0.360 e. The van der Waals surface area contributed by atoms with Gasteiger partial charge in [-0.15, -0.1) is 0 Å². The Bertz CT molecular complexity index is 901. The van der Waals surface area contributed by atoms with Crippen LogP contribution in [0.4, 0.5) is 5.82 Å². The molecule has 0 unspecified atom stereocenters. The van der Waals surface area contributed by atoms with Crippen molar-refractivity contribution < 1.29 is 18.6 Å². The highest BCUT2D eigenvalue weighted by molar-refractivity contribution is 5.96. The van der Waals surface area contributed by atoms with E-state index in [4.69, 9.17) is 9.05 Å². The van der Waals surface area contributed by atoms with Crippen molar-refractivity contribution in [3.8, 4) is 11.3 Å². The van der Waals surface area contributed by atoms with E-state index in [2.05, 4.69) is 20.9 Å². The third-order valence-electron chi connectivity index (χ3n) is 3.61. The van der Waals surface area contributed by atoms with Crippen LogP contribution in [0.3, 0.4) is 0 Å². The maximum atomic E-state index is 12.1. The second kappa shape index (κ2) is 7.64. The van der Waals surface area contributed by atoms with Crippen molar-refractivity contribution in [2.24, 2.45) is 0 Å². The van der Waals surface area contributed by atoms with Crippen LogP contribution in [0.25, 0.3) is 11.3 Å². The molecule has 8 nitrogen and oxygen atoms in total. The highest BCUT2D eigenvalue weighted by atomic mass is 16.5. The molecule has 0 spiro atoms. The SMILES string of the molecule is Cc1cc(NC(=O)[C@H](C)NC(=O)Cc2cc(-c3ccccc3)on2)no1. The highest BCUT2D eigenvalue weighted by Gasteiger charge is 2.18. The van der Waals surface area contributed by atoms with Gasteiger partial charge in [-0.05, 0) is 13.8 Å². The van der Waals surface area contributed by atoms with Gasteiger partial charge in [0.1, 0.15) is 11.8 Å². The van der Waals surface area contributed by atoms with Gasteiger partial charge in [0.2, 0.25) is 11.8 Å². The highest BCUT2D eigenvalue weighted by Crippen LogP contribution is 2.19. The Labute approximate surface area is 149 Å². The first-order valence-electron chi connectivity index (χ1n) is 8.06. The molecule has 2 N–H and O–H groups in total. The van der Waals surface area contributed by atoms with Crippen molar-refractivity contribution in [3.05, 3.63) is 53.9 Å². The first-order chi connectivity index (χ1) is 12.5. The number of hydrogen-bond acceptors (Lipinski definition) is 6. The van der Waals surface area contributed by atoms with Crippen LogP contribution in [0.15, 0.2) is 51.5 Å². The van der Waals surface area contributed by atoms with Crippen LogP contribution in [0.1, 0.15) is 18.4 Å². The number of carbonyl (C=O) groups is 2. The summed E-state index contributed by atoms with van der Waals surface area (Å²) in [6.07, 6.45) is 0.0109. The van der Waals surface area contributed by atoms with Crippen molar-refractivity contribution in [2.45, 2.75) is 26.3 Å². The number of rotatable bonds is 6. The normalized spacial score (nSPS) is 11.8. The number of nitrogens with zero attached hydrogens (tertiary/aromatic N) is 2. The third kappa shape index (κ3) is 4.35. The number of carbonyl (C=O) groups excluding carboxylic acids is 2. The molecule has 134 valence electrons. The monoisotopic (exact) mass is 354 g/mol. The molecule has 3 rings (SSSR count). The fourth-order valence-corrected chi connectivity index (χ4v) is 2.32. The van der Waals surface area contributed by atoms with Crippen LogP contribution >= 0.6 is 0 Å². The maximum Gasteiger partial charge on any atom is 0.247 e. The molecular formula is C18H18N4O4. The Kier molecular flexibility index (Phi) is 5.12. The quantitative estimate of drug-likeness (QED) is 0.703. The van der Waals surface area contributed by atoms with Gasteiger partial charge < -0.3 is 19.7 Å². The van der Waals surface area contributed by atoms with Gasteiger partial charge in [0.05, 0.1) is 12.1 Å².